The first kappa shape index (κ1) is 28.3. The van der Waals surface area contributed by atoms with E-state index in [4.69, 9.17) is 9.57 Å². The zero-order valence-corrected chi connectivity index (χ0v) is 23.0. The van der Waals surface area contributed by atoms with Gasteiger partial charge in [0.25, 0.3) is 5.91 Å². The van der Waals surface area contributed by atoms with E-state index in [2.05, 4.69) is 49.6 Å². The number of nitrogens with one attached hydrogen (secondary N) is 2. The maximum absolute atomic E-state index is 14.9. The van der Waals surface area contributed by atoms with E-state index in [1.54, 1.807) is 26.2 Å². The van der Waals surface area contributed by atoms with Crippen molar-refractivity contribution in [1.29, 1.82) is 0 Å². The molecule has 0 radical (unpaired) electrons. The molecule has 0 aliphatic carbocycles. The van der Waals surface area contributed by atoms with Gasteiger partial charge in [-0.2, -0.15) is 0 Å². The van der Waals surface area contributed by atoms with E-state index < -0.39 is 11.7 Å². The van der Waals surface area contributed by atoms with Gasteiger partial charge in [-0.05, 0) is 80.8 Å². The van der Waals surface area contributed by atoms with Crippen LogP contribution in [0.15, 0.2) is 48.8 Å². The summed E-state index contributed by atoms with van der Waals surface area (Å²) in [4.78, 5) is 31.3. The number of halogens is 1. The number of hydrogen-bond donors (Lipinski definition) is 2. The number of anilines is 3. The van der Waals surface area contributed by atoms with Crippen molar-refractivity contribution < 1.29 is 18.8 Å². The first-order valence-corrected chi connectivity index (χ1v) is 13.3. The van der Waals surface area contributed by atoms with E-state index in [0.29, 0.717) is 24.4 Å². The first-order valence-electron chi connectivity index (χ1n) is 13.3. The maximum Gasteiger partial charge on any atom is 0.274 e. The molecule has 1 aliphatic heterocycles. The number of benzene rings is 2. The lowest BCUT2D eigenvalue weighted by Crippen LogP contribution is -2.46. The van der Waals surface area contributed by atoms with Gasteiger partial charge in [0.15, 0.2) is 11.6 Å². The minimum absolute atomic E-state index is 0.00670. The van der Waals surface area contributed by atoms with Crippen LogP contribution in [0.3, 0.4) is 0 Å². The summed E-state index contributed by atoms with van der Waals surface area (Å²) in [5, 5.41) is 3.23. The zero-order chi connectivity index (χ0) is 27.8. The number of carbonyl (C=O) groups excluding carboxylic acids is 1. The molecule has 208 valence electrons. The Kier molecular flexibility index (Phi) is 9.67. The number of likely N-dealkylation sites (N-methyl/N-ethyl adjacent to an activating group) is 1. The van der Waals surface area contributed by atoms with Crippen molar-refractivity contribution >= 4 is 23.2 Å². The summed E-state index contributed by atoms with van der Waals surface area (Å²) in [6.45, 7) is 11.1. The number of aryl methyl sites for hydroxylation is 2. The molecule has 1 amide bonds. The van der Waals surface area contributed by atoms with Crippen LogP contribution in [-0.4, -0.2) is 66.7 Å². The highest BCUT2D eigenvalue weighted by atomic mass is 19.1. The molecule has 0 unspecified atom stereocenters. The number of hydrogen-bond acceptors (Lipinski definition) is 8. The third-order valence-corrected chi connectivity index (χ3v) is 6.68. The quantitative estimate of drug-likeness (QED) is 0.349. The minimum atomic E-state index is -0.492. The Balaban J connectivity index is 1.34. The molecule has 2 heterocycles. The van der Waals surface area contributed by atoms with Crippen LogP contribution >= 0.6 is 0 Å². The lowest BCUT2D eigenvalue weighted by atomic mass is 10.0. The van der Waals surface area contributed by atoms with Gasteiger partial charge in [0.2, 0.25) is 5.95 Å². The van der Waals surface area contributed by atoms with Gasteiger partial charge in [0, 0.05) is 55.5 Å². The molecule has 0 saturated carbocycles. The molecule has 3 aromatic rings. The van der Waals surface area contributed by atoms with E-state index in [9.17, 15) is 9.18 Å². The fraction of sp³-hybridized carbons (Fsp3) is 0.414. The summed E-state index contributed by atoms with van der Waals surface area (Å²) in [7, 11) is 1.37. The van der Waals surface area contributed by atoms with Gasteiger partial charge >= 0.3 is 0 Å². The Hall–Kier alpha value is -3.76. The van der Waals surface area contributed by atoms with Crippen molar-refractivity contribution in [3.8, 4) is 5.75 Å². The van der Waals surface area contributed by atoms with Crippen LogP contribution < -0.4 is 20.4 Å². The Morgan fingerprint density at radius 1 is 1.05 bits per heavy atom. The normalized spacial score (nSPS) is 13.9. The lowest BCUT2D eigenvalue weighted by Gasteiger charge is -2.35. The number of rotatable bonds is 11. The smallest absolute Gasteiger partial charge is 0.274 e. The zero-order valence-electron chi connectivity index (χ0n) is 23.0. The van der Waals surface area contributed by atoms with Gasteiger partial charge in [0.1, 0.15) is 0 Å². The molecule has 4 rings (SSSR count). The SMILES string of the molecule is CCN1CCN(c2ccc(Nc3ncc(CCc4cc(C(=O)NOC(C)C)cc(OC)c4F)cn3)cc2)CC1. The fourth-order valence-corrected chi connectivity index (χ4v) is 4.38. The molecular weight excluding hydrogens is 499 g/mol. The molecule has 2 aromatic carbocycles. The summed E-state index contributed by atoms with van der Waals surface area (Å²) in [5.41, 5.74) is 5.96. The summed E-state index contributed by atoms with van der Waals surface area (Å²) in [5.74, 6) is -0.463. The van der Waals surface area contributed by atoms with E-state index >= 15 is 0 Å². The Morgan fingerprint density at radius 2 is 1.74 bits per heavy atom. The second-order valence-corrected chi connectivity index (χ2v) is 9.76. The average Bonchev–Trinajstić information content (AvgIpc) is 2.96. The second kappa shape index (κ2) is 13.3. The molecule has 1 aromatic heterocycles. The number of nitrogens with zero attached hydrogens (tertiary/aromatic N) is 4. The number of hydroxylamine groups is 1. The van der Waals surface area contributed by atoms with Gasteiger partial charge in [-0.15, -0.1) is 0 Å². The maximum atomic E-state index is 14.9. The van der Waals surface area contributed by atoms with Gasteiger partial charge in [-0.1, -0.05) is 6.92 Å². The highest BCUT2D eigenvalue weighted by molar-refractivity contribution is 5.94. The molecular formula is C29H37FN6O3. The minimum Gasteiger partial charge on any atom is -0.494 e. The van der Waals surface area contributed by atoms with E-state index in [0.717, 1.165) is 44.0 Å². The number of amides is 1. The largest absolute Gasteiger partial charge is 0.494 e. The van der Waals surface area contributed by atoms with Crippen LogP contribution in [-0.2, 0) is 17.7 Å². The van der Waals surface area contributed by atoms with E-state index in [1.807, 2.05) is 12.1 Å². The van der Waals surface area contributed by atoms with Gasteiger partial charge in [-0.3, -0.25) is 9.63 Å². The summed E-state index contributed by atoms with van der Waals surface area (Å²) in [6, 6.07) is 11.2. The summed E-state index contributed by atoms with van der Waals surface area (Å²) >= 11 is 0. The number of ether oxygens (including phenoxy) is 1. The fourth-order valence-electron chi connectivity index (χ4n) is 4.38. The third-order valence-electron chi connectivity index (χ3n) is 6.68. The highest BCUT2D eigenvalue weighted by Crippen LogP contribution is 2.25. The van der Waals surface area contributed by atoms with Crippen LogP contribution in [0.1, 0.15) is 42.3 Å². The van der Waals surface area contributed by atoms with Crippen LogP contribution in [0.2, 0.25) is 0 Å². The molecule has 1 saturated heterocycles. The van der Waals surface area contributed by atoms with Gasteiger partial charge in [0.05, 0.1) is 13.2 Å². The van der Waals surface area contributed by atoms with Crippen LogP contribution in [0.4, 0.5) is 21.7 Å². The molecule has 2 N–H and O–H groups in total. The van der Waals surface area contributed by atoms with Gasteiger partial charge in [-0.25, -0.2) is 19.8 Å². The molecule has 0 atom stereocenters. The topological polar surface area (TPSA) is 91.9 Å². The molecule has 39 heavy (non-hydrogen) atoms. The molecule has 0 spiro atoms. The monoisotopic (exact) mass is 536 g/mol. The Morgan fingerprint density at radius 3 is 2.36 bits per heavy atom. The molecule has 10 heteroatoms. The van der Waals surface area contributed by atoms with Crippen molar-refractivity contribution in [1.82, 2.24) is 20.3 Å². The van der Waals surface area contributed by atoms with Gasteiger partial charge < -0.3 is 19.9 Å². The Labute approximate surface area is 229 Å². The number of methoxy groups -OCH3 is 1. The van der Waals surface area contributed by atoms with Crippen molar-refractivity contribution in [3.63, 3.8) is 0 Å². The third kappa shape index (κ3) is 7.64. The number of carbonyl (C=O) groups is 1. The molecule has 1 aliphatic rings. The van der Waals surface area contributed by atoms with Crippen molar-refractivity contribution in [2.24, 2.45) is 0 Å². The van der Waals surface area contributed by atoms with Crippen molar-refractivity contribution in [3.05, 3.63) is 71.3 Å². The van der Waals surface area contributed by atoms with Crippen LogP contribution in [0.5, 0.6) is 5.75 Å². The van der Waals surface area contributed by atoms with E-state index in [1.165, 1.54) is 24.9 Å². The predicted octanol–water partition coefficient (Wildman–Crippen LogP) is 4.36. The highest BCUT2D eigenvalue weighted by Gasteiger charge is 2.17. The second-order valence-electron chi connectivity index (χ2n) is 9.76. The molecule has 9 nitrogen and oxygen atoms in total. The standard InChI is InChI=1S/C29H37FN6O3/c1-5-35-12-14-36(15-13-35)25-10-8-24(9-11-25)33-29-31-18-21(19-32-29)6-7-22-16-23(17-26(38-4)27(22)30)28(37)34-39-20(2)3/h8-11,16-20H,5-7,12-15H2,1-4H3,(H,34,37)(H,31,32,33). The van der Waals surface area contributed by atoms with E-state index in [-0.39, 0.29) is 17.4 Å². The molecule has 1 fully saturated rings. The summed E-state index contributed by atoms with van der Waals surface area (Å²) in [6.07, 6.45) is 4.10. The first-order chi connectivity index (χ1) is 18.9. The predicted molar refractivity (Wildman–Crippen MR) is 150 cm³/mol. The Bertz CT molecular complexity index is 1230. The van der Waals surface area contributed by atoms with Crippen molar-refractivity contribution in [2.45, 2.75) is 39.7 Å². The average molecular weight is 537 g/mol. The number of aromatic nitrogens is 2. The van der Waals surface area contributed by atoms with Crippen LogP contribution in [0, 0.1) is 5.82 Å². The number of piperazine rings is 1. The van der Waals surface area contributed by atoms with Crippen molar-refractivity contribution in [2.75, 3.05) is 50.1 Å². The van der Waals surface area contributed by atoms with Crippen LogP contribution in [0.25, 0.3) is 0 Å². The summed E-state index contributed by atoms with van der Waals surface area (Å²) < 4.78 is 20.0. The lowest BCUT2D eigenvalue weighted by molar-refractivity contribution is 0.000164. The molecule has 0 bridgehead atoms.